The van der Waals surface area contributed by atoms with Gasteiger partial charge in [-0.05, 0) is 69.9 Å². The van der Waals surface area contributed by atoms with E-state index in [1.54, 1.807) is 6.26 Å². The van der Waals surface area contributed by atoms with Crippen molar-refractivity contribution in [3.8, 4) is 0 Å². The Morgan fingerprint density at radius 3 is 2.57 bits per heavy atom. The molecule has 1 N–H and O–H groups in total. The highest BCUT2D eigenvalue weighted by atomic mass is 16.3. The number of aryl methyl sites for hydroxylation is 1. The molecule has 3 fully saturated rings. The first-order valence-electron chi connectivity index (χ1n) is 11.1. The minimum Gasteiger partial charge on any atom is -0.469 e. The first kappa shape index (κ1) is 19.5. The Bertz CT molecular complexity index is 715. The Hall–Kier alpha value is -1.78. The number of piperidine rings is 1. The molecule has 5 nitrogen and oxygen atoms in total. The summed E-state index contributed by atoms with van der Waals surface area (Å²) in [6.45, 7) is 4.81. The fourth-order valence-electron chi connectivity index (χ4n) is 5.43. The molecule has 1 saturated heterocycles. The topological polar surface area (TPSA) is 62.6 Å². The summed E-state index contributed by atoms with van der Waals surface area (Å²) in [5, 5.41) is 3.37. The molecule has 2 aliphatic carbocycles. The average Bonchev–Trinajstić information content (AvgIpc) is 3.43. The van der Waals surface area contributed by atoms with Crippen molar-refractivity contribution in [1.29, 1.82) is 0 Å². The Labute approximate surface area is 168 Å². The lowest BCUT2D eigenvalue weighted by Gasteiger charge is -2.41. The van der Waals surface area contributed by atoms with Gasteiger partial charge < -0.3 is 14.6 Å². The molecule has 28 heavy (non-hydrogen) atoms. The van der Waals surface area contributed by atoms with Gasteiger partial charge in [0.2, 0.25) is 11.8 Å². The molecule has 3 aliphatic rings. The third kappa shape index (κ3) is 3.72. The van der Waals surface area contributed by atoms with E-state index in [0.29, 0.717) is 12.3 Å². The van der Waals surface area contributed by atoms with Crippen molar-refractivity contribution in [2.24, 2.45) is 11.3 Å². The number of hydrogen-bond acceptors (Lipinski definition) is 3. The lowest BCUT2D eigenvalue weighted by Crippen LogP contribution is -2.57. The number of likely N-dealkylation sites (tertiary alicyclic amines) is 1. The fourth-order valence-corrected chi connectivity index (χ4v) is 5.43. The lowest BCUT2D eigenvalue weighted by molar-refractivity contribution is -0.137. The number of nitrogens with one attached hydrogen (secondary N) is 1. The number of furan rings is 1. The van der Waals surface area contributed by atoms with E-state index in [9.17, 15) is 9.59 Å². The molecular formula is C23H34N2O3. The first-order chi connectivity index (χ1) is 13.5. The number of carbonyl (C=O) groups is 2. The minimum atomic E-state index is -0.0995. The summed E-state index contributed by atoms with van der Waals surface area (Å²) in [5.41, 5.74) is 0.920. The molecule has 154 valence electrons. The highest BCUT2D eigenvalue weighted by Crippen LogP contribution is 2.56. The zero-order valence-electron chi connectivity index (χ0n) is 17.3. The molecular weight excluding hydrogens is 352 g/mol. The largest absolute Gasteiger partial charge is 0.469 e. The minimum absolute atomic E-state index is 0.0302. The van der Waals surface area contributed by atoms with Crippen molar-refractivity contribution in [2.75, 3.05) is 6.54 Å². The van der Waals surface area contributed by atoms with Crippen LogP contribution in [0.1, 0.15) is 76.0 Å². The summed E-state index contributed by atoms with van der Waals surface area (Å²) in [4.78, 5) is 28.0. The molecule has 4 rings (SSSR count). The second-order valence-corrected chi connectivity index (χ2v) is 9.24. The summed E-state index contributed by atoms with van der Waals surface area (Å²) < 4.78 is 5.46. The van der Waals surface area contributed by atoms with Gasteiger partial charge in [-0.3, -0.25) is 9.59 Å². The van der Waals surface area contributed by atoms with E-state index in [2.05, 4.69) is 12.2 Å². The molecule has 2 saturated carbocycles. The van der Waals surface area contributed by atoms with Crippen LogP contribution in [0.5, 0.6) is 0 Å². The molecule has 2 unspecified atom stereocenters. The predicted octanol–water partition coefficient (Wildman–Crippen LogP) is 3.99. The smallest absolute Gasteiger partial charge is 0.230 e. The van der Waals surface area contributed by atoms with E-state index < -0.39 is 0 Å². The predicted molar refractivity (Wildman–Crippen MR) is 108 cm³/mol. The van der Waals surface area contributed by atoms with Crippen molar-refractivity contribution in [2.45, 2.75) is 90.1 Å². The van der Waals surface area contributed by atoms with E-state index in [1.165, 1.54) is 32.1 Å². The van der Waals surface area contributed by atoms with Gasteiger partial charge in [-0.25, -0.2) is 0 Å². The van der Waals surface area contributed by atoms with Gasteiger partial charge in [0.25, 0.3) is 0 Å². The lowest BCUT2D eigenvalue weighted by atomic mass is 9.77. The summed E-state index contributed by atoms with van der Waals surface area (Å²) in [6.07, 6.45) is 12.2. The third-order valence-electron chi connectivity index (χ3n) is 7.53. The van der Waals surface area contributed by atoms with Crippen LogP contribution in [0.2, 0.25) is 0 Å². The van der Waals surface area contributed by atoms with Gasteiger partial charge in [-0.1, -0.05) is 19.3 Å². The van der Waals surface area contributed by atoms with Crippen LogP contribution in [-0.2, 0) is 16.0 Å². The van der Waals surface area contributed by atoms with Gasteiger partial charge in [-0.2, -0.15) is 0 Å². The third-order valence-corrected chi connectivity index (χ3v) is 7.53. The second kappa shape index (κ2) is 7.92. The molecule has 1 aromatic heterocycles. The van der Waals surface area contributed by atoms with Crippen LogP contribution >= 0.6 is 0 Å². The second-order valence-electron chi connectivity index (χ2n) is 9.24. The van der Waals surface area contributed by atoms with Gasteiger partial charge in [0.1, 0.15) is 5.76 Å². The molecule has 0 bridgehead atoms. The SMILES string of the molecule is Cc1ccoc1CC(=O)N1CCCC(NC(=O)C2(C3CCCCC3)CC2)C1C. The Balaban J connectivity index is 1.37. The Morgan fingerprint density at radius 1 is 1.18 bits per heavy atom. The maximum atomic E-state index is 13.2. The molecule has 5 heteroatoms. The van der Waals surface area contributed by atoms with Gasteiger partial charge >= 0.3 is 0 Å². The van der Waals surface area contributed by atoms with Crippen LogP contribution in [0.25, 0.3) is 0 Å². The van der Waals surface area contributed by atoms with E-state index >= 15 is 0 Å². The van der Waals surface area contributed by atoms with Crippen LogP contribution in [0.4, 0.5) is 0 Å². The number of rotatable bonds is 5. The van der Waals surface area contributed by atoms with E-state index in [-0.39, 0.29) is 29.3 Å². The van der Waals surface area contributed by atoms with Gasteiger partial charge in [0.05, 0.1) is 18.1 Å². The monoisotopic (exact) mass is 386 g/mol. The number of amides is 2. The van der Waals surface area contributed by atoms with E-state index in [4.69, 9.17) is 4.42 Å². The standard InChI is InChI=1S/C23H34N2O3/c1-16-10-14-28-20(16)15-21(26)25-13-6-9-19(17(25)2)24-22(27)23(11-12-23)18-7-4-3-5-8-18/h10,14,17-19H,3-9,11-13,15H2,1-2H3,(H,24,27). The van der Waals surface area contributed by atoms with Gasteiger partial charge in [0.15, 0.2) is 0 Å². The van der Waals surface area contributed by atoms with Crippen LogP contribution in [0.3, 0.4) is 0 Å². The average molecular weight is 387 g/mol. The van der Waals surface area contributed by atoms with Crippen molar-refractivity contribution in [1.82, 2.24) is 10.2 Å². The highest BCUT2D eigenvalue weighted by molar-refractivity contribution is 5.86. The molecule has 2 atom stereocenters. The maximum Gasteiger partial charge on any atom is 0.230 e. The summed E-state index contributed by atoms with van der Waals surface area (Å²) in [6, 6.07) is 1.98. The quantitative estimate of drug-likeness (QED) is 0.832. The molecule has 2 amide bonds. The number of hydrogen-bond donors (Lipinski definition) is 1. The number of nitrogens with zero attached hydrogens (tertiary/aromatic N) is 1. The normalized spacial score (nSPS) is 27.4. The summed E-state index contributed by atoms with van der Waals surface area (Å²) in [5.74, 6) is 1.67. The molecule has 1 aromatic rings. The number of carbonyl (C=O) groups excluding carboxylic acids is 2. The van der Waals surface area contributed by atoms with Gasteiger partial charge in [-0.15, -0.1) is 0 Å². The summed E-state index contributed by atoms with van der Waals surface area (Å²) >= 11 is 0. The van der Waals surface area contributed by atoms with Crippen molar-refractivity contribution < 1.29 is 14.0 Å². The molecule has 2 heterocycles. The molecule has 0 aromatic carbocycles. The Morgan fingerprint density at radius 2 is 1.93 bits per heavy atom. The van der Waals surface area contributed by atoms with E-state index in [1.807, 2.05) is 17.9 Å². The van der Waals surface area contributed by atoms with Crippen LogP contribution in [0, 0.1) is 18.3 Å². The highest BCUT2D eigenvalue weighted by Gasteiger charge is 2.55. The van der Waals surface area contributed by atoms with Crippen LogP contribution in [0.15, 0.2) is 16.7 Å². The van der Waals surface area contributed by atoms with Crippen LogP contribution in [-0.4, -0.2) is 35.3 Å². The van der Waals surface area contributed by atoms with E-state index in [0.717, 1.165) is 43.6 Å². The van der Waals surface area contributed by atoms with Crippen molar-refractivity contribution >= 4 is 11.8 Å². The fraction of sp³-hybridized carbons (Fsp3) is 0.739. The van der Waals surface area contributed by atoms with Crippen LogP contribution < -0.4 is 5.32 Å². The van der Waals surface area contributed by atoms with Gasteiger partial charge in [0, 0.05) is 18.6 Å². The molecule has 0 spiro atoms. The zero-order chi connectivity index (χ0) is 19.7. The van der Waals surface area contributed by atoms with Crippen molar-refractivity contribution in [3.05, 3.63) is 23.7 Å². The zero-order valence-corrected chi connectivity index (χ0v) is 17.3. The first-order valence-corrected chi connectivity index (χ1v) is 11.1. The van der Waals surface area contributed by atoms with Crippen molar-refractivity contribution in [3.63, 3.8) is 0 Å². The Kier molecular flexibility index (Phi) is 5.52. The maximum absolute atomic E-state index is 13.2. The molecule has 0 radical (unpaired) electrons. The summed E-state index contributed by atoms with van der Waals surface area (Å²) in [7, 11) is 0. The molecule has 1 aliphatic heterocycles.